The lowest BCUT2D eigenvalue weighted by molar-refractivity contribution is 0.0761. The van der Waals surface area contributed by atoms with Crippen LogP contribution in [0, 0.1) is 5.92 Å². The number of thiophene rings is 1. The van der Waals surface area contributed by atoms with E-state index in [9.17, 15) is 4.79 Å². The molecule has 0 N–H and O–H groups in total. The smallest absolute Gasteiger partial charge is 0.254 e. The molecule has 0 radical (unpaired) electrons. The zero-order chi connectivity index (χ0) is 14.5. The Morgan fingerprint density at radius 1 is 1.24 bits per heavy atom. The summed E-state index contributed by atoms with van der Waals surface area (Å²) in [5.41, 5.74) is 0.853. The molecule has 1 aliphatic carbocycles. The fourth-order valence-electron chi connectivity index (χ4n) is 3.31. The minimum absolute atomic E-state index is 0.207. The van der Waals surface area contributed by atoms with Crippen molar-refractivity contribution in [2.45, 2.75) is 25.7 Å². The maximum atomic E-state index is 12.4. The largest absolute Gasteiger partial charge is 0.337 e. The van der Waals surface area contributed by atoms with E-state index >= 15 is 0 Å². The van der Waals surface area contributed by atoms with Gasteiger partial charge < -0.3 is 9.80 Å². The van der Waals surface area contributed by atoms with Crippen molar-refractivity contribution in [2.24, 2.45) is 5.92 Å². The monoisotopic (exact) mass is 304 g/mol. The first-order chi connectivity index (χ1) is 10.3. The van der Waals surface area contributed by atoms with E-state index in [2.05, 4.69) is 17.1 Å². The van der Waals surface area contributed by atoms with Crippen molar-refractivity contribution >= 4 is 17.2 Å². The number of hydrogen-bond donors (Lipinski definition) is 0. The van der Waals surface area contributed by atoms with E-state index in [1.165, 1.54) is 25.8 Å². The highest BCUT2D eigenvalue weighted by molar-refractivity contribution is 7.08. The van der Waals surface area contributed by atoms with E-state index in [0.717, 1.165) is 44.1 Å². The van der Waals surface area contributed by atoms with Crippen LogP contribution in [0.4, 0.5) is 0 Å². The topological polar surface area (TPSA) is 23.6 Å². The molecule has 1 saturated heterocycles. The molecule has 0 bridgehead atoms. The summed E-state index contributed by atoms with van der Waals surface area (Å²) in [7, 11) is 0. The quantitative estimate of drug-likeness (QED) is 0.800. The van der Waals surface area contributed by atoms with Gasteiger partial charge >= 0.3 is 0 Å². The second-order valence-electron chi connectivity index (χ2n) is 6.11. The number of amides is 1. The van der Waals surface area contributed by atoms with Crippen LogP contribution in [0.5, 0.6) is 0 Å². The Kier molecular flexibility index (Phi) is 5.09. The van der Waals surface area contributed by atoms with Crippen molar-refractivity contribution < 1.29 is 4.79 Å². The molecule has 21 heavy (non-hydrogen) atoms. The highest BCUT2D eigenvalue weighted by Crippen LogP contribution is 2.20. The Bertz CT molecular complexity index is 483. The van der Waals surface area contributed by atoms with Gasteiger partial charge in [0.1, 0.15) is 0 Å². The van der Waals surface area contributed by atoms with Gasteiger partial charge in [-0.1, -0.05) is 12.2 Å². The molecule has 1 unspecified atom stereocenters. The number of carbonyl (C=O) groups excluding carboxylic acids is 1. The van der Waals surface area contributed by atoms with Crippen LogP contribution in [-0.4, -0.2) is 48.4 Å². The highest BCUT2D eigenvalue weighted by Gasteiger charge is 2.22. The summed E-state index contributed by atoms with van der Waals surface area (Å²) in [6.45, 7) is 5.13. The zero-order valence-electron chi connectivity index (χ0n) is 12.5. The minimum Gasteiger partial charge on any atom is -0.337 e. The average Bonchev–Trinajstić information content (AvgIpc) is 2.95. The van der Waals surface area contributed by atoms with Gasteiger partial charge in [0.15, 0.2) is 0 Å². The molecule has 114 valence electrons. The third-order valence-corrected chi connectivity index (χ3v) is 5.22. The molecule has 1 aliphatic heterocycles. The molecule has 4 heteroatoms. The lowest BCUT2D eigenvalue weighted by atomic mass is 9.94. The fourth-order valence-corrected chi connectivity index (χ4v) is 3.94. The third-order valence-electron chi connectivity index (χ3n) is 4.54. The van der Waals surface area contributed by atoms with E-state index in [-0.39, 0.29) is 5.91 Å². The van der Waals surface area contributed by atoms with Crippen LogP contribution in [0.15, 0.2) is 29.0 Å². The molecule has 1 aromatic rings. The van der Waals surface area contributed by atoms with Gasteiger partial charge in [-0.3, -0.25) is 4.79 Å². The SMILES string of the molecule is O=C(c1ccsc1)N1CCCN(CC2CC=CCC2)CC1. The normalized spacial score (nSPS) is 24.0. The number of hydrogen-bond acceptors (Lipinski definition) is 3. The Morgan fingerprint density at radius 3 is 2.95 bits per heavy atom. The van der Waals surface area contributed by atoms with E-state index < -0.39 is 0 Å². The molecule has 3 rings (SSSR count). The van der Waals surface area contributed by atoms with Gasteiger partial charge in [-0.2, -0.15) is 11.3 Å². The summed E-state index contributed by atoms with van der Waals surface area (Å²) in [5, 5.41) is 3.94. The van der Waals surface area contributed by atoms with Gasteiger partial charge in [-0.15, -0.1) is 0 Å². The summed E-state index contributed by atoms with van der Waals surface area (Å²) in [6, 6.07) is 1.93. The standard InChI is InChI=1S/C17H24N2OS/c20-17(16-7-12-21-14-16)19-9-4-8-18(10-11-19)13-15-5-2-1-3-6-15/h1-2,7,12,14-15H,3-6,8-11,13H2. The Hall–Kier alpha value is -1.13. The molecule has 0 spiro atoms. The molecule has 1 atom stereocenters. The van der Waals surface area contributed by atoms with Crippen LogP contribution in [0.3, 0.4) is 0 Å². The van der Waals surface area contributed by atoms with Crippen molar-refractivity contribution in [1.29, 1.82) is 0 Å². The molecular formula is C17H24N2OS. The van der Waals surface area contributed by atoms with Crippen molar-refractivity contribution in [2.75, 3.05) is 32.7 Å². The molecule has 2 aliphatic rings. The summed E-state index contributed by atoms with van der Waals surface area (Å²) in [5.74, 6) is 1.02. The van der Waals surface area contributed by atoms with Crippen LogP contribution >= 0.6 is 11.3 Å². The van der Waals surface area contributed by atoms with E-state index in [1.807, 2.05) is 21.7 Å². The number of rotatable bonds is 3. The molecule has 2 heterocycles. The predicted octanol–water partition coefficient (Wildman–Crippen LogP) is 3.25. The van der Waals surface area contributed by atoms with Gasteiger partial charge in [-0.05, 0) is 49.6 Å². The minimum atomic E-state index is 0.207. The first kappa shape index (κ1) is 14.8. The second-order valence-corrected chi connectivity index (χ2v) is 6.89. The maximum absolute atomic E-state index is 12.4. The van der Waals surface area contributed by atoms with Gasteiger partial charge in [0.2, 0.25) is 0 Å². The fraction of sp³-hybridized carbons (Fsp3) is 0.588. The first-order valence-corrected chi connectivity index (χ1v) is 8.96. The second kappa shape index (κ2) is 7.23. The zero-order valence-corrected chi connectivity index (χ0v) is 13.4. The summed E-state index contributed by atoms with van der Waals surface area (Å²) in [6.07, 6.45) is 9.52. The van der Waals surface area contributed by atoms with E-state index in [4.69, 9.17) is 0 Å². The maximum Gasteiger partial charge on any atom is 0.254 e. The Morgan fingerprint density at radius 2 is 2.19 bits per heavy atom. The molecule has 3 nitrogen and oxygen atoms in total. The molecule has 1 amide bonds. The van der Waals surface area contributed by atoms with Crippen LogP contribution in [0.1, 0.15) is 36.0 Å². The highest BCUT2D eigenvalue weighted by atomic mass is 32.1. The first-order valence-electron chi connectivity index (χ1n) is 8.02. The summed E-state index contributed by atoms with van der Waals surface area (Å²) >= 11 is 1.60. The van der Waals surface area contributed by atoms with Crippen LogP contribution in [-0.2, 0) is 0 Å². The Labute approximate surface area is 131 Å². The molecular weight excluding hydrogens is 280 g/mol. The molecule has 1 fully saturated rings. The lowest BCUT2D eigenvalue weighted by Gasteiger charge is -2.27. The summed E-state index contributed by atoms with van der Waals surface area (Å²) in [4.78, 5) is 17.0. The average molecular weight is 304 g/mol. The van der Waals surface area contributed by atoms with E-state index in [0.29, 0.717) is 0 Å². The van der Waals surface area contributed by atoms with E-state index in [1.54, 1.807) is 11.3 Å². The van der Waals surface area contributed by atoms with Crippen molar-refractivity contribution in [1.82, 2.24) is 9.80 Å². The lowest BCUT2D eigenvalue weighted by Crippen LogP contribution is -2.36. The van der Waals surface area contributed by atoms with Crippen LogP contribution < -0.4 is 0 Å². The van der Waals surface area contributed by atoms with Gasteiger partial charge in [0.05, 0.1) is 5.56 Å². The molecule has 0 saturated carbocycles. The molecule has 0 aromatic carbocycles. The number of nitrogens with zero attached hydrogens (tertiary/aromatic N) is 2. The predicted molar refractivity (Wildman–Crippen MR) is 87.8 cm³/mol. The van der Waals surface area contributed by atoms with Crippen molar-refractivity contribution in [3.63, 3.8) is 0 Å². The Balaban J connectivity index is 1.52. The van der Waals surface area contributed by atoms with Crippen molar-refractivity contribution in [3.8, 4) is 0 Å². The van der Waals surface area contributed by atoms with Gasteiger partial charge in [0, 0.05) is 31.6 Å². The van der Waals surface area contributed by atoms with Crippen LogP contribution in [0.2, 0.25) is 0 Å². The van der Waals surface area contributed by atoms with Gasteiger partial charge in [-0.25, -0.2) is 0 Å². The third kappa shape index (κ3) is 3.95. The number of allylic oxidation sites excluding steroid dienone is 2. The summed E-state index contributed by atoms with van der Waals surface area (Å²) < 4.78 is 0. The molecule has 1 aromatic heterocycles. The van der Waals surface area contributed by atoms with Crippen LogP contribution in [0.25, 0.3) is 0 Å². The van der Waals surface area contributed by atoms with Gasteiger partial charge in [0.25, 0.3) is 5.91 Å². The van der Waals surface area contributed by atoms with Crippen molar-refractivity contribution in [3.05, 3.63) is 34.5 Å². The number of carbonyl (C=O) groups is 1.